The van der Waals surface area contributed by atoms with Crippen molar-refractivity contribution in [3.63, 3.8) is 0 Å². The Labute approximate surface area is 155 Å². The van der Waals surface area contributed by atoms with Crippen LogP contribution in [0, 0.1) is 0 Å². The summed E-state index contributed by atoms with van der Waals surface area (Å²) in [5, 5.41) is 12.0. The first-order valence-corrected chi connectivity index (χ1v) is 8.94. The molecule has 1 aromatic carbocycles. The lowest BCUT2D eigenvalue weighted by atomic mass is 9.84. The van der Waals surface area contributed by atoms with Crippen LogP contribution >= 0.6 is 0 Å². The fourth-order valence-corrected chi connectivity index (χ4v) is 4.14. The van der Waals surface area contributed by atoms with Crippen molar-refractivity contribution in [3.05, 3.63) is 69.7 Å². The normalized spacial score (nSPS) is 20.1. The summed E-state index contributed by atoms with van der Waals surface area (Å²) >= 11 is 0. The molecule has 136 valence electrons. The van der Waals surface area contributed by atoms with Gasteiger partial charge in [0.25, 0.3) is 5.56 Å². The Bertz CT molecular complexity index is 1210. The van der Waals surface area contributed by atoms with Gasteiger partial charge in [0, 0.05) is 22.2 Å². The van der Waals surface area contributed by atoms with Crippen molar-refractivity contribution in [1.82, 2.24) is 9.55 Å². The molecule has 0 radical (unpaired) electrons. The number of aliphatic hydroxyl groups is 1. The van der Waals surface area contributed by atoms with Gasteiger partial charge in [0.15, 0.2) is 0 Å². The van der Waals surface area contributed by atoms with Crippen molar-refractivity contribution < 1.29 is 9.84 Å². The van der Waals surface area contributed by atoms with Crippen LogP contribution in [0.2, 0.25) is 0 Å². The highest BCUT2D eigenvalue weighted by atomic mass is 16.5. The fourth-order valence-electron chi connectivity index (χ4n) is 4.14. The van der Waals surface area contributed by atoms with Crippen molar-refractivity contribution in [3.8, 4) is 11.4 Å². The number of fused-ring (bicyclic) bond motifs is 5. The number of anilines is 1. The Morgan fingerprint density at radius 1 is 1.41 bits per heavy atom. The number of pyridine rings is 2. The number of rotatable bonds is 1. The van der Waals surface area contributed by atoms with E-state index in [0.717, 1.165) is 22.2 Å². The fraction of sp³-hybridized carbons (Fsp3) is 0.238. The van der Waals surface area contributed by atoms with Crippen LogP contribution in [-0.4, -0.2) is 14.7 Å². The molecular weight excluding hydrogens is 342 g/mol. The molecule has 6 nitrogen and oxygen atoms in total. The maximum Gasteiger partial charge on any atom is 0.258 e. The highest BCUT2D eigenvalue weighted by Gasteiger charge is 2.41. The zero-order chi connectivity index (χ0) is 18.9. The van der Waals surface area contributed by atoms with Gasteiger partial charge in [-0.05, 0) is 30.7 Å². The number of nitrogen functional groups attached to an aromatic ring is 1. The largest absolute Gasteiger partial charge is 0.490 e. The molecule has 0 bridgehead atoms. The number of hydrogen-bond acceptors (Lipinski definition) is 5. The lowest BCUT2D eigenvalue weighted by molar-refractivity contribution is -0.0172. The minimum Gasteiger partial charge on any atom is -0.490 e. The zero-order valence-electron chi connectivity index (χ0n) is 15.0. The highest BCUT2D eigenvalue weighted by Crippen LogP contribution is 2.42. The molecule has 3 N–H and O–H groups in total. The Morgan fingerprint density at radius 3 is 3.00 bits per heavy atom. The zero-order valence-corrected chi connectivity index (χ0v) is 15.0. The van der Waals surface area contributed by atoms with Gasteiger partial charge < -0.3 is 20.1 Å². The maximum atomic E-state index is 13.1. The number of nitrogens with zero attached hydrogens (tertiary/aromatic N) is 2. The van der Waals surface area contributed by atoms with E-state index in [1.165, 1.54) is 0 Å². The molecule has 0 saturated heterocycles. The second-order valence-corrected chi connectivity index (χ2v) is 7.15. The molecule has 0 amide bonds. The van der Waals surface area contributed by atoms with E-state index >= 15 is 0 Å². The van der Waals surface area contributed by atoms with E-state index in [-0.39, 0.29) is 17.9 Å². The predicted molar refractivity (Wildman–Crippen MR) is 103 cm³/mol. The minimum atomic E-state index is -1.37. The summed E-state index contributed by atoms with van der Waals surface area (Å²) in [6.45, 7) is 6.24. The van der Waals surface area contributed by atoms with Crippen molar-refractivity contribution in [1.29, 1.82) is 0 Å². The summed E-state index contributed by atoms with van der Waals surface area (Å²) in [5.74, 6) is 0.277. The molecule has 0 fully saturated rings. The molecule has 27 heavy (non-hydrogen) atoms. The average molecular weight is 361 g/mol. The lowest BCUT2D eigenvalue weighted by Crippen LogP contribution is -2.38. The number of nitrogens with two attached hydrogens (primary N) is 1. The van der Waals surface area contributed by atoms with E-state index in [1.807, 2.05) is 37.3 Å². The molecule has 4 heterocycles. The average Bonchev–Trinajstić information content (AvgIpc) is 3.02. The summed E-state index contributed by atoms with van der Waals surface area (Å²) in [6.07, 6.45) is 0.371. The van der Waals surface area contributed by atoms with Gasteiger partial charge in [0.05, 0.1) is 29.0 Å². The monoisotopic (exact) mass is 361 g/mol. The van der Waals surface area contributed by atoms with Gasteiger partial charge in [-0.25, -0.2) is 4.98 Å². The Hall–Kier alpha value is -3.12. The number of benzene rings is 1. The van der Waals surface area contributed by atoms with Crippen LogP contribution < -0.4 is 11.3 Å². The van der Waals surface area contributed by atoms with Crippen LogP contribution in [0.3, 0.4) is 0 Å². The third-order valence-electron chi connectivity index (χ3n) is 5.75. The van der Waals surface area contributed by atoms with E-state index in [2.05, 4.69) is 6.58 Å². The molecule has 2 aliphatic heterocycles. The molecule has 0 spiro atoms. The van der Waals surface area contributed by atoms with Crippen LogP contribution in [0.5, 0.6) is 0 Å². The first-order chi connectivity index (χ1) is 12.9. The summed E-state index contributed by atoms with van der Waals surface area (Å²) < 4.78 is 7.21. The molecule has 1 atom stereocenters. The molecule has 3 aromatic rings. The summed E-state index contributed by atoms with van der Waals surface area (Å²) in [7, 11) is 0. The van der Waals surface area contributed by atoms with Crippen LogP contribution in [0.4, 0.5) is 5.69 Å². The highest BCUT2D eigenvalue weighted by molar-refractivity contribution is 5.93. The Morgan fingerprint density at radius 2 is 2.22 bits per heavy atom. The van der Waals surface area contributed by atoms with E-state index < -0.39 is 5.60 Å². The summed E-state index contributed by atoms with van der Waals surface area (Å²) in [4.78, 5) is 17.9. The third kappa shape index (κ3) is 1.99. The molecule has 0 saturated carbocycles. The number of aromatic nitrogens is 2. The SMILES string of the molecule is C=C1OCc2c(cc3n(c2=O)Cc2cc4c(N)cccc4nc2-3)[C@@]1(O)CC. The van der Waals surface area contributed by atoms with Gasteiger partial charge in [-0.1, -0.05) is 19.6 Å². The van der Waals surface area contributed by atoms with Crippen LogP contribution in [0.15, 0.2) is 47.5 Å². The summed E-state index contributed by atoms with van der Waals surface area (Å²) in [5.41, 5.74) is 9.46. The lowest BCUT2D eigenvalue weighted by Gasteiger charge is -2.35. The maximum absolute atomic E-state index is 13.1. The van der Waals surface area contributed by atoms with Gasteiger partial charge in [-0.2, -0.15) is 0 Å². The molecular formula is C21H19N3O3. The number of ether oxygens (including phenoxy) is 1. The van der Waals surface area contributed by atoms with Crippen molar-refractivity contribution in [2.75, 3.05) is 5.73 Å². The Kier molecular flexibility index (Phi) is 3.10. The second-order valence-electron chi connectivity index (χ2n) is 7.15. The first kappa shape index (κ1) is 16.1. The van der Waals surface area contributed by atoms with Crippen molar-refractivity contribution >= 4 is 16.6 Å². The van der Waals surface area contributed by atoms with Gasteiger partial charge in [0.1, 0.15) is 18.0 Å². The topological polar surface area (TPSA) is 90.4 Å². The third-order valence-corrected chi connectivity index (χ3v) is 5.75. The van der Waals surface area contributed by atoms with E-state index in [4.69, 9.17) is 15.5 Å². The smallest absolute Gasteiger partial charge is 0.258 e. The molecule has 0 unspecified atom stereocenters. The number of hydrogen-bond donors (Lipinski definition) is 2. The van der Waals surface area contributed by atoms with E-state index in [9.17, 15) is 9.90 Å². The van der Waals surface area contributed by atoms with Crippen LogP contribution in [0.1, 0.15) is 30.0 Å². The minimum absolute atomic E-state index is 0.119. The molecule has 2 aromatic heterocycles. The molecule has 5 rings (SSSR count). The van der Waals surface area contributed by atoms with Gasteiger partial charge in [0.2, 0.25) is 0 Å². The first-order valence-electron chi connectivity index (χ1n) is 8.94. The van der Waals surface area contributed by atoms with E-state index in [0.29, 0.717) is 35.5 Å². The van der Waals surface area contributed by atoms with Crippen molar-refractivity contribution in [2.45, 2.75) is 32.1 Å². The van der Waals surface area contributed by atoms with Crippen molar-refractivity contribution in [2.24, 2.45) is 0 Å². The quantitative estimate of drug-likeness (QED) is 0.509. The standard InChI is InChI=1S/C21H19N3O3/c1-3-21(26)11(2)27-10-14-15(21)8-18-19-12(9-24(18)20(14)25)7-13-16(22)5-4-6-17(13)23-19/h4-8,26H,2-3,9-10,22H2,1H3/t21-/m1/s1. The second kappa shape index (κ2) is 5.20. The van der Waals surface area contributed by atoms with Gasteiger partial charge in [-0.3, -0.25) is 4.79 Å². The summed E-state index contributed by atoms with van der Waals surface area (Å²) in [6, 6.07) is 9.48. The van der Waals surface area contributed by atoms with E-state index in [1.54, 1.807) is 4.57 Å². The molecule has 0 aliphatic carbocycles. The molecule has 2 aliphatic rings. The van der Waals surface area contributed by atoms with Crippen LogP contribution in [0.25, 0.3) is 22.3 Å². The Balaban J connectivity index is 1.81. The van der Waals surface area contributed by atoms with Crippen LogP contribution in [-0.2, 0) is 23.5 Å². The van der Waals surface area contributed by atoms with Gasteiger partial charge >= 0.3 is 0 Å². The van der Waals surface area contributed by atoms with Gasteiger partial charge in [-0.15, -0.1) is 0 Å². The molecule has 6 heteroatoms. The predicted octanol–water partition coefficient (Wildman–Crippen LogP) is 2.65.